The maximum atomic E-state index is 9.45. The number of rotatable bonds is 9. The van der Waals surface area contributed by atoms with Crippen LogP contribution in [0.5, 0.6) is 5.88 Å². The summed E-state index contributed by atoms with van der Waals surface area (Å²) in [7, 11) is 5.30. The van der Waals surface area contributed by atoms with Gasteiger partial charge in [-0.2, -0.15) is 4.98 Å². The topological polar surface area (TPSA) is 96.5 Å². The fourth-order valence-corrected chi connectivity index (χ4v) is 3.45. The average molecular weight is 434 g/mol. The fourth-order valence-electron chi connectivity index (χ4n) is 3.19. The number of halogens is 1. The van der Waals surface area contributed by atoms with Crippen molar-refractivity contribution in [3.05, 3.63) is 23.0 Å². The average Bonchev–Trinajstić information content (AvgIpc) is 3.14. The van der Waals surface area contributed by atoms with Crippen molar-refractivity contribution in [3.63, 3.8) is 0 Å². The zero-order chi connectivity index (χ0) is 21.8. The minimum Gasteiger partial charge on any atom is -0.481 e. The van der Waals surface area contributed by atoms with E-state index in [9.17, 15) is 5.11 Å². The van der Waals surface area contributed by atoms with E-state index in [0.717, 1.165) is 23.9 Å². The van der Waals surface area contributed by atoms with Crippen LogP contribution in [0, 0.1) is 12.8 Å². The molecule has 0 aliphatic heterocycles. The molecular formula is C21H28ClN5O3. The molecule has 0 amide bonds. The highest BCUT2D eigenvalue weighted by atomic mass is 35.5. The smallest absolute Gasteiger partial charge is 0.228 e. The normalized spacial score (nSPS) is 12.2. The van der Waals surface area contributed by atoms with Crippen LogP contribution in [0.1, 0.15) is 25.5 Å². The summed E-state index contributed by atoms with van der Waals surface area (Å²) in [6.45, 7) is 4.73. The highest BCUT2D eigenvalue weighted by Gasteiger charge is 2.21. The third kappa shape index (κ3) is 4.60. The summed E-state index contributed by atoms with van der Waals surface area (Å²) in [4.78, 5) is 15.2. The second-order valence-corrected chi connectivity index (χ2v) is 7.74. The van der Waals surface area contributed by atoms with E-state index in [-0.39, 0.29) is 12.5 Å². The Labute approximate surface area is 181 Å². The van der Waals surface area contributed by atoms with E-state index in [4.69, 9.17) is 20.8 Å². The minimum absolute atomic E-state index is 0.163. The molecule has 3 aromatic heterocycles. The molecule has 0 fully saturated rings. The van der Waals surface area contributed by atoms with Gasteiger partial charge >= 0.3 is 0 Å². The minimum atomic E-state index is 0.163. The molecule has 1 unspecified atom stereocenters. The summed E-state index contributed by atoms with van der Waals surface area (Å²) >= 11 is 6.58. The maximum Gasteiger partial charge on any atom is 0.228 e. The van der Waals surface area contributed by atoms with Gasteiger partial charge in [0, 0.05) is 38.7 Å². The van der Waals surface area contributed by atoms with Crippen LogP contribution in [-0.2, 0) is 0 Å². The molecule has 30 heavy (non-hydrogen) atoms. The molecule has 162 valence electrons. The molecule has 0 aromatic carbocycles. The van der Waals surface area contributed by atoms with E-state index in [1.807, 2.05) is 33.2 Å². The highest BCUT2D eigenvalue weighted by Crippen LogP contribution is 2.38. The first-order chi connectivity index (χ1) is 14.4. The van der Waals surface area contributed by atoms with E-state index < -0.39 is 0 Å². The Morgan fingerprint density at radius 1 is 1.27 bits per heavy atom. The van der Waals surface area contributed by atoms with Gasteiger partial charge in [-0.1, -0.05) is 24.9 Å². The van der Waals surface area contributed by atoms with E-state index in [1.165, 1.54) is 0 Å². The fraction of sp³-hybridized carbons (Fsp3) is 0.476. The Morgan fingerprint density at radius 3 is 2.67 bits per heavy atom. The number of hydrogen-bond donors (Lipinski definition) is 2. The number of aromatic nitrogens is 3. The van der Waals surface area contributed by atoms with Crippen molar-refractivity contribution in [1.29, 1.82) is 0 Å². The number of nitrogens with zero attached hydrogens (tertiary/aromatic N) is 4. The Balaban J connectivity index is 2.04. The molecule has 0 saturated heterocycles. The largest absolute Gasteiger partial charge is 0.481 e. The molecular weight excluding hydrogens is 406 g/mol. The number of anilines is 2. The van der Waals surface area contributed by atoms with E-state index in [0.29, 0.717) is 46.3 Å². The molecule has 0 bridgehead atoms. The molecule has 0 aliphatic carbocycles. The molecule has 1 atom stereocenters. The maximum absolute atomic E-state index is 9.45. The summed E-state index contributed by atoms with van der Waals surface area (Å²) in [6.07, 6.45) is 1.72. The zero-order valence-corrected chi connectivity index (χ0v) is 18.7. The first-order valence-corrected chi connectivity index (χ1v) is 10.3. The summed E-state index contributed by atoms with van der Waals surface area (Å²) in [5.41, 5.74) is 1.98. The Bertz CT molecular complexity index is 1020. The molecule has 8 nitrogen and oxygen atoms in total. The van der Waals surface area contributed by atoms with Crippen LogP contribution in [0.2, 0.25) is 5.15 Å². The molecule has 2 N–H and O–H groups in total. The number of ether oxygens (including phenoxy) is 1. The van der Waals surface area contributed by atoms with E-state index >= 15 is 0 Å². The molecule has 3 heterocycles. The molecule has 0 aliphatic rings. The SMILES string of the molecule is CCC(CO)CCNc1nc(N(C)C)nc(Cl)c1-c1cc2cc(OC)nc(C)c2o1. The number of aryl methyl sites for hydroxylation is 1. The van der Waals surface area contributed by atoms with Crippen molar-refractivity contribution in [1.82, 2.24) is 15.0 Å². The number of pyridine rings is 1. The predicted octanol–water partition coefficient (Wildman–Crippen LogP) is 4.14. The van der Waals surface area contributed by atoms with Crippen LogP contribution in [0.4, 0.5) is 11.8 Å². The van der Waals surface area contributed by atoms with Gasteiger partial charge in [-0.05, 0) is 25.3 Å². The van der Waals surface area contributed by atoms with Crippen molar-refractivity contribution in [2.75, 3.05) is 44.6 Å². The van der Waals surface area contributed by atoms with Crippen LogP contribution in [0.15, 0.2) is 16.5 Å². The lowest BCUT2D eigenvalue weighted by atomic mass is 10.0. The first kappa shape index (κ1) is 22.1. The molecule has 0 spiro atoms. The lowest BCUT2D eigenvalue weighted by Crippen LogP contribution is -2.17. The third-order valence-electron chi connectivity index (χ3n) is 5.04. The van der Waals surface area contributed by atoms with Gasteiger partial charge in [-0.15, -0.1) is 0 Å². The van der Waals surface area contributed by atoms with Gasteiger partial charge in [0.15, 0.2) is 5.58 Å². The van der Waals surface area contributed by atoms with Gasteiger partial charge < -0.3 is 24.5 Å². The number of aliphatic hydroxyl groups is 1. The number of methoxy groups -OCH3 is 1. The van der Waals surface area contributed by atoms with Crippen LogP contribution in [-0.4, -0.2) is 54.4 Å². The van der Waals surface area contributed by atoms with E-state index in [1.54, 1.807) is 12.0 Å². The first-order valence-electron chi connectivity index (χ1n) is 9.93. The van der Waals surface area contributed by atoms with Crippen molar-refractivity contribution >= 4 is 34.3 Å². The second-order valence-electron chi connectivity index (χ2n) is 7.38. The molecule has 0 saturated carbocycles. The molecule has 3 rings (SSSR count). The molecule has 9 heteroatoms. The number of aliphatic hydroxyl groups excluding tert-OH is 1. The van der Waals surface area contributed by atoms with Gasteiger partial charge in [0.25, 0.3) is 0 Å². The Kier molecular flexibility index (Phi) is 6.99. The standard InChI is InChI=1S/C21H28ClN5O3/c1-6-13(11-28)7-8-23-20-17(19(22)25-21(26-20)27(3)4)15-9-14-10-16(29-5)24-12(2)18(14)30-15/h9-10,13,28H,6-8,11H2,1-5H3,(H,23,25,26). The lowest BCUT2D eigenvalue weighted by molar-refractivity contribution is 0.217. The highest BCUT2D eigenvalue weighted by molar-refractivity contribution is 6.32. The van der Waals surface area contributed by atoms with Gasteiger partial charge in [-0.3, -0.25) is 0 Å². The second kappa shape index (κ2) is 9.49. The molecule has 0 radical (unpaired) electrons. The summed E-state index contributed by atoms with van der Waals surface area (Å²) in [5.74, 6) is 2.39. The van der Waals surface area contributed by atoms with Crippen molar-refractivity contribution in [2.24, 2.45) is 5.92 Å². The third-order valence-corrected chi connectivity index (χ3v) is 5.31. The molecule has 3 aromatic rings. The Morgan fingerprint density at radius 2 is 2.03 bits per heavy atom. The van der Waals surface area contributed by atoms with Gasteiger partial charge in [0.2, 0.25) is 11.8 Å². The predicted molar refractivity (Wildman–Crippen MR) is 120 cm³/mol. The van der Waals surface area contributed by atoms with Crippen LogP contribution >= 0.6 is 11.6 Å². The van der Waals surface area contributed by atoms with Crippen molar-refractivity contribution in [3.8, 4) is 17.2 Å². The lowest BCUT2D eigenvalue weighted by Gasteiger charge is -2.17. The van der Waals surface area contributed by atoms with Crippen LogP contribution < -0.4 is 15.0 Å². The summed E-state index contributed by atoms with van der Waals surface area (Å²) < 4.78 is 11.4. The summed E-state index contributed by atoms with van der Waals surface area (Å²) in [5, 5.41) is 14.0. The van der Waals surface area contributed by atoms with Gasteiger partial charge in [-0.25, -0.2) is 9.97 Å². The van der Waals surface area contributed by atoms with Crippen LogP contribution in [0.25, 0.3) is 22.3 Å². The van der Waals surface area contributed by atoms with E-state index in [2.05, 4.69) is 27.2 Å². The number of fused-ring (bicyclic) bond motifs is 1. The zero-order valence-electron chi connectivity index (χ0n) is 18.0. The number of furan rings is 1. The summed E-state index contributed by atoms with van der Waals surface area (Å²) in [6, 6.07) is 3.71. The van der Waals surface area contributed by atoms with Gasteiger partial charge in [0.1, 0.15) is 16.7 Å². The quantitative estimate of drug-likeness (QED) is 0.486. The number of hydrogen-bond acceptors (Lipinski definition) is 8. The van der Waals surface area contributed by atoms with Gasteiger partial charge in [0.05, 0.1) is 18.4 Å². The number of nitrogens with one attached hydrogen (secondary N) is 1. The van der Waals surface area contributed by atoms with Crippen molar-refractivity contribution < 1.29 is 14.3 Å². The monoisotopic (exact) mass is 433 g/mol. The van der Waals surface area contributed by atoms with Crippen molar-refractivity contribution in [2.45, 2.75) is 26.7 Å². The van der Waals surface area contributed by atoms with Crippen LogP contribution in [0.3, 0.4) is 0 Å². The Hall–Kier alpha value is -2.58.